The standard InChI is InChI=1S/C21H27FN2O3S2/c1-21(2,3)15-9-11-16(12-10-15)23-20(25)18(13-14-28-4)24-29(26,27)19-8-6-5-7-17(19)22/h5-12,18,24H,13-14H2,1-4H3,(H,23,25). The Morgan fingerprint density at radius 2 is 1.72 bits per heavy atom. The molecule has 5 nitrogen and oxygen atoms in total. The third-order valence-corrected chi connectivity index (χ3v) is 6.52. The highest BCUT2D eigenvalue weighted by Gasteiger charge is 2.27. The van der Waals surface area contributed by atoms with E-state index < -0.39 is 32.7 Å². The van der Waals surface area contributed by atoms with Crippen molar-refractivity contribution in [3.63, 3.8) is 0 Å². The van der Waals surface area contributed by atoms with Crippen LogP contribution in [0.5, 0.6) is 0 Å². The minimum absolute atomic E-state index is 0.0151. The lowest BCUT2D eigenvalue weighted by Gasteiger charge is -2.20. The van der Waals surface area contributed by atoms with Gasteiger partial charge in [0.05, 0.1) is 0 Å². The van der Waals surface area contributed by atoms with E-state index in [2.05, 4.69) is 30.8 Å². The van der Waals surface area contributed by atoms with Gasteiger partial charge < -0.3 is 5.32 Å². The average molecular weight is 439 g/mol. The largest absolute Gasteiger partial charge is 0.325 e. The van der Waals surface area contributed by atoms with Gasteiger partial charge in [0.15, 0.2) is 0 Å². The number of carbonyl (C=O) groups excluding carboxylic acids is 1. The summed E-state index contributed by atoms with van der Waals surface area (Å²) < 4.78 is 41.5. The fourth-order valence-corrected chi connectivity index (χ4v) is 4.46. The highest BCUT2D eigenvalue weighted by atomic mass is 32.2. The molecule has 0 heterocycles. The zero-order valence-electron chi connectivity index (χ0n) is 17.0. The van der Waals surface area contributed by atoms with Crippen LogP contribution in [0, 0.1) is 5.82 Å². The van der Waals surface area contributed by atoms with Crippen LogP contribution in [0.2, 0.25) is 0 Å². The summed E-state index contributed by atoms with van der Waals surface area (Å²) in [5.41, 5.74) is 1.68. The molecule has 2 N–H and O–H groups in total. The Balaban J connectivity index is 2.19. The summed E-state index contributed by atoms with van der Waals surface area (Å²) in [6.07, 6.45) is 2.15. The van der Waals surface area contributed by atoms with Crippen LogP contribution in [0.15, 0.2) is 53.4 Å². The predicted molar refractivity (Wildman–Crippen MR) is 117 cm³/mol. The second-order valence-electron chi connectivity index (χ2n) is 7.70. The number of halogens is 1. The number of hydrogen-bond donors (Lipinski definition) is 2. The van der Waals surface area contributed by atoms with Crippen LogP contribution in [-0.4, -0.2) is 32.4 Å². The summed E-state index contributed by atoms with van der Waals surface area (Å²) in [6.45, 7) is 6.28. The van der Waals surface area contributed by atoms with Gasteiger partial charge in [0, 0.05) is 5.69 Å². The van der Waals surface area contributed by atoms with Crippen molar-refractivity contribution >= 4 is 33.4 Å². The van der Waals surface area contributed by atoms with Crippen LogP contribution < -0.4 is 10.0 Å². The molecule has 1 unspecified atom stereocenters. The van der Waals surface area contributed by atoms with Crippen LogP contribution in [0.4, 0.5) is 10.1 Å². The molecule has 8 heteroatoms. The van der Waals surface area contributed by atoms with Gasteiger partial charge in [0.25, 0.3) is 0 Å². The average Bonchev–Trinajstić information content (AvgIpc) is 2.65. The minimum atomic E-state index is -4.18. The Bertz CT molecular complexity index is 939. The Morgan fingerprint density at radius 3 is 2.28 bits per heavy atom. The summed E-state index contributed by atoms with van der Waals surface area (Å²) in [7, 11) is -4.18. The van der Waals surface area contributed by atoms with E-state index in [9.17, 15) is 17.6 Å². The number of rotatable bonds is 8. The van der Waals surface area contributed by atoms with E-state index in [0.717, 1.165) is 11.6 Å². The van der Waals surface area contributed by atoms with E-state index >= 15 is 0 Å². The Hall–Kier alpha value is -1.90. The highest BCUT2D eigenvalue weighted by Crippen LogP contribution is 2.23. The second kappa shape index (κ2) is 9.73. The zero-order valence-corrected chi connectivity index (χ0v) is 18.7. The summed E-state index contributed by atoms with van der Waals surface area (Å²) >= 11 is 1.49. The van der Waals surface area contributed by atoms with Gasteiger partial charge in [-0.25, -0.2) is 12.8 Å². The van der Waals surface area contributed by atoms with Gasteiger partial charge in [-0.1, -0.05) is 45.0 Å². The zero-order chi connectivity index (χ0) is 21.7. The van der Waals surface area contributed by atoms with Crippen molar-refractivity contribution in [2.75, 3.05) is 17.3 Å². The van der Waals surface area contributed by atoms with Crippen molar-refractivity contribution < 1.29 is 17.6 Å². The second-order valence-corrected chi connectivity index (χ2v) is 10.4. The van der Waals surface area contributed by atoms with Gasteiger partial charge in [-0.05, 0) is 53.7 Å². The normalized spacial score (nSPS) is 13.1. The molecular formula is C21H27FN2O3S2. The third kappa shape index (κ3) is 6.55. The highest BCUT2D eigenvalue weighted by molar-refractivity contribution is 7.98. The number of hydrogen-bond acceptors (Lipinski definition) is 4. The lowest BCUT2D eigenvalue weighted by molar-refractivity contribution is -0.117. The molecule has 0 spiro atoms. The summed E-state index contributed by atoms with van der Waals surface area (Å²) in [5, 5.41) is 2.75. The summed E-state index contributed by atoms with van der Waals surface area (Å²) in [5.74, 6) is -0.773. The first-order chi connectivity index (χ1) is 13.5. The molecule has 0 aliphatic heterocycles. The van der Waals surface area contributed by atoms with Gasteiger partial charge in [-0.3, -0.25) is 4.79 Å². The molecule has 2 aromatic rings. The van der Waals surface area contributed by atoms with Crippen molar-refractivity contribution in [2.45, 2.75) is 43.5 Å². The van der Waals surface area contributed by atoms with Crippen LogP contribution >= 0.6 is 11.8 Å². The van der Waals surface area contributed by atoms with Gasteiger partial charge in [-0.15, -0.1) is 0 Å². The van der Waals surface area contributed by atoms with Crippen LogP contribution in [0.1, 0.15) is 32.8 Å². The van der Waals surface area contributed by atoms with Crippen LogP contribution in [-0.2, 0) is 20.2 Å². The molecule has 0 fully saturated rings. The summed E-state index contributed by atoms with van der Waals surface area (Å²) in [4.78, 5) is 12.3. The van der Waals surface area contributed by atoms with Crippen LogP contribution in [0.25, 0.3) is 0 Å². The van der Waals surface area contributed by atoms with Gasteiger partial charge in [0.1, 0.15) is 16.8 Å². The number of carbonyl (C=O) groups is 1. The maximum atomic E-state index is 13.9. The molecule has 0 aliphatic rings. The van der Waals surface area contributed by atoms with Gasteiger partial charge in [-0.2, -0.15) is 16.5 Å². The molecule has 158 valence electrons. The predicted octanol–water partition coefficient (Wildman–Crippen LogP) is 4.16. The topological polar surface area (TPSA) is 75.3 Å². The van der Waals surface area contributed by atoms with E-state index in [-0.39, 0.29) is 11.8 Å². The lowest BCUT2D eigenvalue weighted by atomic mass is 9.87. The molecule has 2 aromatic carbocycles. The van der Waals surface area contributed by atoms with Gasteiger partial charge >= 0.3 is 0 Å². The molecule has 0 radical (unpaired) electrons. The maximum Gasteiger partial charge on any atom is 0.244 e. The molecule has 0 bridgehead atoms. The molecular weight excluding hydrogens is 411 g/mol. The fraction of sp³-hybridized carbons (Fsp3) is 0.381. The molecule has 1 atom stereocenters. The number of sulfonamides is 1. The molecule has 0 saturated carbocycles. The molecule has 2 rings (SSSR count). The molecule has 1 amide bonds. The van der Waals surface area contributed by atoms with E-state index in [1.54, 1.807) is 12.1 Å². The number of nitrogens with one attached hydrogen (secondary N) is 2. The third-order valence-electron chi connectivity index (χ3n) is 4.37. The van der Waals surface area contributed by atoms with Gasteiger partial charge in [0.2, 0.25) is 15.9 Å². The van der Waals surface area contributed by atoms with Crippen molar-refractivity contribution in [1.82, 2.24) is 4.72 Å². The Morgan fingerprint density at radius 1 is 1.10 bits per heavy atom. The SMILES string of the molecule is CSCCC(NS(=O)(=O)c1ccccc1F)C(=O)Nc1ccc(C(C)(C)C)cc1. The quantitative estimate of drug-likeness (QED) is 0.649. The molecule has 0 saturated heterocycles. The Labute approximate surface area is 176 Å². The number of benzene rings is 2. The molecule has 0 aromatic heterocycles. The van der Waals surface area contributed by atoms with Crippen molar-refractivity contribution in [3.05, 3.63) is 59.9 Å². The first kappa shape index (κ1) is 23.4. The summed E-state index contributed by atoms with van der Waals surface area (Å²) in [6, 6.07) is 11.5. The lowest BCUT2D eigenvalue weighted by Crippen LogP contribution is -2.44. The fourth-order valence-electron chi connectivity index (χ4n) is 2.68. The van der Waals surface area contributed by atoms with Crippen molar-refractivity contribution in [3.8, 4) is 0 Å². The number of anilines is 1. The Kier molecular flexibility index (Phi) is 7.85. The molecule has 29 heavy (non-hydrogen) atoms. The van der Waals surface area contributed by atoms with Crippen molar-refractivity contribution in [2.24, 2.45) is 0 Å². The number of amides is 1. The monoisotopic (exact) mass is 438 g/mol. The van der Waals surface area contributed by atoms with Crippen molar-refractivity contribution in [1.29, 1.82) is 0 Å². The maximum absolute atomic E-state index is 13.9. The first-order valence-corrected chi connectivity index (χ1v) is 12.1. The minimum Gasteiger partial charge on any atom is -0.325 e. The van der Waals surface area contributed by atoms with E-state index in [4.69, 9.17) is 0 Å². The molecule has 0 aliphatic carbocycles. The van der Waals surface area contributed by atoms with Crippen LogP contribution in [0.3, 0.4) is 0 Å². The van der Waals surface area contributed by atoms with E-state index in [1.807, 2.05) is 18.4 Å². The number of thioether (sulfide) groups is 1. The first-order valence-electron chi connectivity index (χ1n) is 9.22. The smallest absolute Gasteiger partial charge is 0.244 e. The van der Waals surface area contributed by atoms with E-state index in [1.165, 1.54) is 30.0 Å². The van der Waals surface area contributed by atoms with E-state index in [0.29, 0.717) is 11.4 Å².